The molecule has 2 aromatic rings. The summed E-state index contributed by atoms with van der Waals surface area (Å²) in [6, 6.07) is 12.4. The van der Waals surface area contributed by atoms with Crippen molar-refractivity contribution in [3.05, 3.63) is 54.1 Å². The lowest BCUT2D eigenvalue weighted by molar-refractivity contribution is -0.129. The number of carboxylic acid groups (broad SMARTS) is 1. The van der Waals surface area contributed by atoms with Crippen LogP contribution in [-0.4, -0.2) is 31.1 Å². The Bertz CT molecular complexity index is 1010. The second-order valence-corrected chi connectivity index (χ2v) is 7.39. The van der Waals surface area contributed by atoms with E-state index in [1.165, 1.54) is 30.3 Å². The van der Waals surface area contributed by atoms with Crippen molar-refractivity contribution in [1.82, 2.24) is 0 Å². The second kappa shape index (κ2) is 6.60. The molecule has 0 radical (unpaired) electrons. The fourth-order valence-electron chi connectivity index (χ4n) is 2.38. The van der Waals surface area contributed by atoms with E-state index < -0.39 is 21.9 Å². The third-order valence-electron chi connectivity index (χ3n) is 3.70. The molecular weight excluding hydrogens is 358 g/mol. The first kappa shape index (κ1) is 17.6. The van der Waals surface area contributed by atoms with E-state index in [1.54, 1.807) is 18.2 Å². The molecular formula is C17H15N3O5S. The highest BCUT2D eigenvalue weighted by atomic mass is 32.2. The van der Waals surface area contributed by atoms with Crippen LogP contribution >= 0.6 is 0 Å². The monoisotopic (exact) mass is 373 g/mol. The van der Waals surface area contributed by atoms with Gasteiger partial charge in [0.15, 0.2) is 5.71 Å². The first-order chi connectivity index (χ1) is 12.3. The van der Waals surface area contributed by atoms with Crippen molar-refractivity contribution < 1.29 is 23.1 Å². The van der Waals surface area contributed by atoms with Gasteiger partial charge < -0.3 is 5.11 Å². The number of carbonyl (C=O) groups excluding carboxylic acids is 1. The topological polar surface area (TPSA) is 116 Å². The Morgan fingerprint density at radius 1 is 1.19 bits per heavy atom. The Morgan fingerprint density at radius 2 is 1.88 bits per heavy atom. The normalized spacial score (nSPS) is 14.3. The number of anilines is 2. The van der Waals surface area contributed by atoms with Crippen molar-refractivity contribution in [3.63, 3.8) is 0 Å². The van der Waals surface area contributed by atoms with E-state index in [2.05, 4.69) is 9.82 Å². The zero-order chi connectivity index (χ0) is 18.9. The van der Waals surface area contributed by atoms with E-state index >= 15 is 0 Å². The number of aryl methyl sites for hydroxylation is 1. The van der Waals surface area contributed by atoms with Crippen molar-refractivity contribution >= 4 is 39.0 Å². The minimum atomic E-state index is -3.79. The Kier molecular flexibility index (Phi) is 4.47. The van der Waals surface area contributed by atoms with Crippen molar-refractivity contribution in [2.75, 3.05) is 9.73 Å². The summed E-state index contributed by atoms with van der Waals surface area (Å²) in [5.41, 5.74) is 1.18. The molecule has 1 heterocycles. The number of sulfonamides is 1. The lowest BCUT2D eigenvalue weighted by Crippen LogP contribution is -2.20. The molecule has 0 spiro atoms. The van der Waals surface area contributed by atoms with Crippen LogP contribution in [0.3, 0.4) is 0 Å². The molecule has 1 aliphatic rings. The van der Waals surface area contributed by atoms with Gasteiger partial charge in [-0.1, -0.05) is 23.8 Å². The predicted molar refractivity (Wildman–Crippen MR) is 95.6 cm³/mol. The molecule has 0 unspecified atom stereocenters. The highest BCUT2D eigenvalue weighted by molar-refractivity contribution is 7.92. The Labute approximate surface area is 149 Å². The molecule has 3 rings (SSSR count). The van der Waals surface area contributed by atoms with E-state index in [4.69, 9.17) is 5.11 Å². The van der Waals surface area contributed by atoms with Gasteiger partial charge in [0.2, 0.25) is 0 Å². The van der Waals surface area contributed by atoms with Gasteiger partial charge in [-0.25, -0.2) is 13.2 Å². The number of nitrogens with zero attached hydrogens (tertiary/aromatic N) is 2. The maximum atomic E-state index is 12.5. The molecule has 0 saturated heterocycles. The smallest absolute Gasteiger partial charge is 0.352 e. The summed E-state index contributed by atoms with van der Waals surface area (Å²) in [5.74, 6) is -1.77. The Morgan fingerprint density at radius 3 is 2.50 bits per heavy atom. The van der Waals surface area contributed by atoms with Crippen LogP contribution in [0.25, 0.3) is 0 Å². The van der Waals surface area contributed by atoms with Gasteiger partial charge in [-0.2, -0.15) is 10.1 Å². The van der Waals surface area contributed by atoms with E-state index in [1.807, 2.05) is 6.92 Å². The van der Waals surface area contributed by atoms with Gasteiger partial charge in [0.05, 0.1) is 22.7 Å². The van der Waals surface area contributed by atoms with Crippen molar-refractivity contribution in [1.29, 1.82) is 0 Å². The molecule has 26 heavy (non-hydrogen) atoms. The maximum absolute atomic E-state index is 12.5. The summed E-state index contributed by atoms with van der Waals surface area (Å²) in [7, 11) is -3.79. The highest BCUT2D eigenvalue weighted by Gasteiger charge is 2.29. The van der Waals surface area contributed by atoms with Crippen molar-refractivity contribution in [2.24, 2.45) is 5.10 Å². The number of rotatable bonds is 5. The minimum absolute atomic E-state index is 0.108. The molecule has 9 heteroatoms. The van der Waals surface area contributed by atoms with Crippen LogP contribution in [0.1, 0.15) is 12.0 Å². The molecule has 2 aromatic carbocycles. The van der Waals surface area contributed by atoms with Gasteiger partial charge in [-0.05, 0) is 37.3 Å². The van der Waals surface area contributed by atoms with Crippen LogP contribution in [0.2, 0.25) is 0 Å². The Balaban J connectivity index is 1.87. The van der Waals surface area contributed by atoms with Crippen molar-refractivity contribution in [2.45, 2.75) is 18.2 Å². The number of carbonyl (C=O) groups is 2. The summed E-state index contributed by atoms with van der Waals surface area (Å²) >= 11 is 0. The van der Waals surface area contributed by atoms with Crippen LogP contribution in [0.5, 0.6) is 0 Å². The standard InChI is InChI=1S/C17H15N3O5S/c1-11-5-7-14(8-6-11)26(24,25)19-12-3-2-4-13(9-12)20-16(21)10-15(18-20)17(22)23/h2-9,19H,10H2,1H3,(H,22,23). The first-order valence-corrected chi connectivity index (χ1v) is 9.08. The number of nitrogens with one attached hydrogen (secondary N) is 1. The van der Waals surface area contributed by atoms with E-state index in [0.29, 0.717) is 0 Å². The summed E-state index contributed by atoms with van der Waals surface area (Å²) in [4.78, 5) is 23.0. The van der Waals surface area contributed by atoms with Gasteiger partial charge in [0.25, 0.3) is 15.9 Å². The Hall–Kier alpha value is -3.20. The van der Waals surface area contributed by atoms with Gasteiger partial charge in [-0.3, -0.25) is 9.52 Å². The number of hydrogen-bond acceptors (Lipinski definition) is 5. The predicted octanol–water partition coefficient (Wildman–Crippen LogP) is 1.97. The molecule has 0 saturated carbocycles. The fourth-order valence-corrected chi connectivity index (χ4v) is 3.43. The molecule has 8 nitrogen and oxygen atoms in total. The van der Waals surface area contributed by atoms with Crippen molar-refractivity contribution in [3.8, 4) is 0 Å². The maximum Gasteiger partial charge on any atom is 0.352 e. The lowest BCUT2D eigenvalue weighted by Gasteiger charge is -2.14. The van der Waals surface area contributed by atoms with Crippen LogP contribution in [0.4, 0.5) is 11.4 Å². The van der Waals surface area contributed by atoms with Crippen LogP contribution in [-0.2, 0) is 19.6 Å². The van der Waals surface area contributed by atoms with Crippen LogP contribution in [0, 0.1) is 6.92 Å². The molecule has 0 fully saturated rings. The zero-order valence-electron chi connectivity index (χ0n) is 13.7. The molecule has 2 N–H and O–H groups in total. The fraction of sp³-hybridized carbons (Fsp3) is 0.118. The van der Waals surface area contributed by atoms with E-state index in [9.17, 15) is 18.0 Å². The summed E-state index contributed by atoms with van der Waals surface area (Å²) in [5, 5.41) is 13.7. The van der Waals surface area contributed by atoms with Gasteiger partial charge in [-0.15, -0.1) is 0 Å². The lowest BCUT2D eigenvalue weighted by atomic mass is 10.2. The zero-order valence-corrected chi connectivity index (χ0v) is 14.5. The van der Waals surface area contributed by atoms with Crippen LogP contribution in [0.15, 0.2) is 58.5 Å². The summed E-state index contributed by atoms with van der Waals surface area (Å²) < 4.78 is 27.3. The third-order valence-corrected chi connectivity index (χ3v) is 5.09. The van der Waals surface area contributed by atoms with Gasteiger partial charge >= 0.3 is 5.97 Å². The summed E-state index contributed by atoms with van der Waals surface area (Å²) in [6.45, 7) is 1.85. The largest absolute Gasteiger partial charge is 0.477 e. The molecule has 134 valence electrons. The highest BCUT2D eigenvalue weighted by Crippen LogP contribution is 2.25. The summed E-state index contributed by atoms with van der Waals surface area (Å²) in [6.07, 6.45) is -0.311. The number of carboxylic acids is 1. The van der Waals surface area contributed by atoms with Gasteiger partial charge in [0.1, 0.15) is 0 Å². The molecule has 0 bridgehead atoms. The molecule has 0 aliphatic carbocycles. The molecule has 1 aliphatic heterocycles. The quantitative estimate of drug-likeness (QED) is 0.831. The average molecular weight is 373 g/mol. The molecule has 0 aromatic heterocycles. The number of amides is 1. The minimum Gasteiger partial charge on any atom is -0.477 e. The van der Waals surface area contributed by atoms with E-state index in [0.717, 1.165) is 10.6 Å². The average Bonchev–Trinajstić information content (AvgIpc) is 2.97. The number of hydrogen-bond donors (Lipinski definition) is 2. The van der Waals surface area contributed by atoms with Crippen LogP contribution < -0.4 is 9.73 Å². The van der Waals surface area contributed by atoms with E-state index in [-0.39, 0.29) is 28.4 Å². The third kappa shape index (κ3) is 3.57. The van der Waals surface area contributed by atoms with Gasteiger partial charge in [0, 0.05) is 0 Å². The first-order valence-electron chi connectivity index (χ1n) is 7.59. The SMILES string of the molecule is Cc1ccc(S(=O)(=O)Nc2cccc(N3N=C(C(=O)O)CC3=O)c2)cc1. The number of benzene rings is 2. The second-order valence-electron chi connectivity index (χ2n) is 5.70. The molecule has 0 atom stereocenters. The molecule has 1 amide bonds. The number of hydrazone groups is 1. The number of aliphatic carboxylic acids is 1.